The maximum Gasteiger partial charge on any atom is 0.410 e. The number of benzene rings is 1. The zero-order valence-electron chi connectivity index (χ0n) is 21.2. The molecule has 1 N–H and O–H groups in total. The molecular formula is C27H33ClN4O3S. The van der Waals surface area contributed by atoms with E-state index in [0.717, 1.165) is 44.3 Å². The maximum absolute atomic E-state index is 12.4. The fourth-order valence-corrected chi connectivity index (χ4v) is 6.29. The lowest BCUT2D eigenvalue weighted by Gasteiger charge is -2.39. The molecule has 2 fully saturated rings. The Morgan fingerprint density at radius 2 is 1.94 bits per heavy atom. The minimum atomic E-state index is -0.511. The molecule has 9 heteroatoms. The number of aryl methyl sites for hydroxylation is 1. The number of carbonyl (C=O) groups excluding carboxylic acids is 1. The van der Waals surface area contributed by atoms with Gasteiger partial charge in [-0.2, -0.15) is 0 Å². The molecular weight excluding hydrogens is 496 g/mol. The van der Waals surface area contributed by atoms with Crippen LogP contribution in [0.4, 0.5) is 4.79 Å². The van der Waals surface area contributed by atoms with Gasteiger partial charge in [0.05, 0.1) is 18.3 Å². The topological polar surface area (TPSA) is 78.8 Å². The van der Waals surface area contributed by atoms with Crippen LogP contribution in [0.25, 0.3) is 10.2 Å². The Kier molecular flexibility index (Phi) is 6.98. The standard InChI is InChI=1S/C27H33ClN4O3S/c1-16-29-24(19-7-12-36-25(19)30-16)21-14-20(21)18-6-5-17(13-22(18)28)23(15-33)31-8-10-32(11-9-31)26(34)35-27(2,3)4/h5-7,12-13,20-21,23,33H,8-11,14-15H2,1-4H3. The van der Waals surface area contributed by atoms with Crippen LogP contribution in [-0.4, -0.2) is 69.4 Å². The summed E-state index contributed by atoms with van der Waals surface area (Å²) in [5.41, 5.74) is 2.74. The first-order valence-corrected chi connectivity index (χ1v) is 13.7. The summed E-state index contributed by atoms with van der Waals surface area (Å²) in [7, 11) is 0. The van der Waals surface area contributed by atoms with Crippen molar-refractivity contribution in [3.05, 3.63) is 57.3 Å². The number of ether oxygens (including phenoxy) is 1. The van der Waals surface area contributed by atoms with E-state index in [9.17, 15) is 9.90 Å². The number of aromatic nitrogens is 2. The predicted molar refractivity (Wildman–Crippen MR) is 143 cm³/mol. The fourth-order valence-electron chi connectivity index (χ4n) is 5.14. The van der Waals surface area contributed by atoms with Crippen molar-refractivity contribution in [1.29, 1.82) is 0 Å². The number of thiophene rings is 1. The molecule has 1 aromatic carbocycles. The molecule has 3 unspecified atom stereocenters. The number of hydrogen-bond donors (Lipinski definition) is 1. The predicted octanol–water partition coefficient (Wildman–Crippen LogP) is 5.51. The number of aliphatic hydroxyl groups excluding tert-OH is 1. The minimum Gasteiger partial charge on any atom is -0.444 e. The number of halogens is 1. The highest BCUT2D eigenvalue weighted by Crippen LogP contribution is 2.57. The van der Waals surface area contributed by atoms with Gasteiger partial charge in [0.25, 0.3) is 0 Å². The quantitative estimate of drug-likeness (QED) is 0.470. The van der Waals surface area contributed by atoms with E-state index in [1.807, 2.05) is 33.8 Å². The van der Waals surface area contributed by atoms with E-state index in [2.05, 4.69) is 33.5 Å². The second-order valence-electron chi connectivity index (χ2n) is 10.7. The summed E-state index contributed by atoms with van der Waals surface area (Å²) in [6.07, 6.45) is 0.740. The highest BCUT2D eigenvalue weighted by atomic mass is 35.5. The Morgan fingerprint density at radius 1 is 1.19 bits per heavy atom. The van der Waals surface area contributed by atoms with Gasteiger partial charge >= 0.3 is 6.09 Å². The van der Waals surface area contributed by atoms with Gasteiger partial charge in [0.15, 0.2) is 0 Å². The van der Waals surface area contributed by atoms with Crippen LogP contribution >= 0.6 is 22.9 Å². The van der Waals surface area contributed by atoms with Crippen molar-refractivity contribution < 1.29 is 14.6 Å². The van der Waals surface area contributed by atoms with E-state index in [0.29, 0.717) is 38.0 Å². The molecule has 7 nitrogen and oxygen atoms in total. The van der Waals surface area contributed by atoms with E-state index >= 15 is 0 Å². The van der Waals surface area contributed by atoms with Gasteiger partial charge in [-0.15, -0.1) is 11.3 Å². The summed E-state index contributed by atoms with van der Waals surface area (Å²) in [5, 5.41) is 14.2. The molecule has 3 atom stereocenters. The van der Waals surface area contributed by atoms with Gasteiger partial charge in [0.2, 0.25) is 0 Å². The largest absolute Gasteiger partial charge is 0.444 e. The summed E-state index contributed by atoms with van der Waals surface area (Å²) >= 11 is 8.46. The number of rotatable bonds is 5. The molecule has 2 aliphatic rings. The molecule has 3 aromatic rings. The van der Waals surface area contributed by atoms with Gasteiger partial charge in [0, 0.05) is 42.5 Å². The third-order valence-electron chi connectivity index (χ3n) is 7.00. The summed E-state index contributed by atoms with van der Waals surface area (Å²) in [6.45, 7) is 10.0. The summed E-state index contributed by atoms with van der Waals surface area (Å²) < 4.78 is 5.50. The first kappa shape index (κ1) is 25.4. The maximum atomic E-state index is 12.4. The molecule has 2 aromatic heterocycles. The van der Waals surface area contributed by atoms with Gasteiger partial charge in [-0.05, 0) is 68.7 Å². The molecule has 1 saturated heterocycles. The first-order valence-electron chi connectivity index (χ1n) is 12.5. The first-order chi connectivity index (χ1) is 17.1. The van der Waals surface area contributed by atoms with Crippen molar-refractivity contribution in [1.82, 2.24) is 19.8 Å². The van der Waals surface area contributed by atoms with Crippen LogP contribution in [0.15, 0.2) is 29.6 Å². The summed E-state index contributed by atoms with van der Waals surface area (Å²) in [5.74, 6) is 1.50. The molecule has 3 heterocycles. The van der Waals surface area contributed by atoms with Crippen LogP contribution in [0.3, 0.4) is 0 Å². The Bertz CT molecular complexity index is 1270. The summed E-state index contributed by atoms with van der Waals surface area (Å²) in [4.78, 5) is 26.7. The van der Waals surface area contributed by atoms with Crippen molar-refractivity contribution in [2.45, 2.75) is 57.6 Å². The van der Waals surface area contributed by atoms with Crippen LogP contribution in [0.2, 0.25) is 5.02 Å². The normalized spacial score (nSPS) is 21.6. The summed E-state index contributed by atoms with van der Waals surface area (Å²) in [6, 6.07) is 8.15. The molecule has 1 aliphatic carbocycles. The Balaban J connectivity index is 1.26. The molecule has 1 aliphatic heterocycles. The number of aliphatic hydroxyl groups is 1. The lowest BCUT2D eigenvalue weighted by atomic mass is 10.00. The highest BCUT2D eigenvalue weighted by Gasteiger charge is 2.43. The van der Waals surface area contributed by atoms with Crippen LogP contribution < -0.4 is 0 Å². The zero-order valence-corrected chi connectivity index (χ0v) is 22.8. The number of nitrogens with zero attached hydrogens (tertiary/aromatic N) is 4. The third-order valence-corrected chi connectivity index (χ3v) is 8.13. The van der Waals surface area contributed by atoms with E-state index in [-0.39, 0.29) is 18.7 Å². The van der Waals surface area contributed by atoms with Crippen molar-refractivity contribution in [2.24, 2.45) is 0 Å². The highest BCUT2D eigenvalue weighted by molar-refractivity contribution is 7.16. The molecule has 0 radical (unpaired) electrons. The Hall–Kier alpha value is -2.26. The number of amides is 1. The number of carbonyl (C=O) groups is 1. The molecule has 0 spiro atoms. The van der Waals surface area contributed by atoms with Gasteiger partial charge < -0.3 is 14.7 Å². The van der Waals surface area contributed by atoms with Crippen LogP contribution in [-0.2, 0) is 4.74 Å². The van der Waals surface area contributed by atoms with Gasteiger partial charge in [-0.3, -0.25) is 4.90 Å². The Labute approximate surface area is 221 Å². The van der Waals surface area contributed by atoms with Crippen molar-refractivity contribution in [3.8, 4) is 0 Å². The average molecular weight is 529 g/mol. The van der Waals surface area contributed by atoms with Crippen LogP contribution in [0.5, 0.6) is 0 Å². The average Bonchev–Trinajstić information content (AvgIpc) is 3.46. The molecule has 192 valence electrons. The molecule has 0 bridgehead atoms. The lowest BCUT2D eigenvalue weighted by Crippen LogP contribution is -2.51. The van der Waals surface area contributed by atoms with E-state index in [1.54, 1.807) is 16.2 Å². The van der Waals surface area contributed by atoms with Gasteiger partial charge in [-0.1, -0.05) is 23.7 Å². The molecule has 1 saturated carbocycles. The lowest BCUT2D eigenvalue weighted by molar-refractivity contribution is 0.00658. The molecule has 5 rings (SSSR count). The van der Waals surface area contributed by atoms with Crippen molar-refractivity contribution >= 4 is 39.2 Å². The third kappa shape index (κ3) is 5.23. The second kappa shape index (κ2) is 9.89. The number of piperazine rings is 1. The SMILES string of the molecule is Cc1nc(C2CC2c2ccc(C(CO)N3CCN(C(=O)OC(C)(C)C)CC3)cc2Cl)c2ccsc2n1. The van der Waals surface area contributed by atoms with E-state index < -0.39 is 5.60 Å². The van der Waals surface area contributed by atoms with E-state index in [4.69, 9.17) is 21.3 Å². The zero-order chi connectivity index (χ0) is 25.6. The number of fused-ring (bicyclic) bond motifs is 1. The van der Waals surface area contributed by atoms with Crippen LogP contribution in [0, 0.1) is 6.92 Å². The molecule has 36 heavy (non-hydrogen) atoms. The smallest absolute Gasteiger partial charge is 0.410 e. The Morgan fingerprint density at radius 3 is 2.61 bits per heavy atom. The fraction of sp³-hybridized carbons (Fsp3) is 0.519. The molecule has 1 amide bonds. The van der Waals surface area contributed by atoms with E-state index in [1.165, 1.54) is 0 Å². The van der Waals surface area contributed by atoms with Crippen LogP contribution in [0.1, 0.15) is 67.7 Å². The van der Waals surface area contributed by atoms with Gasteiger partial charge in [0.1, 0.15) is 16.3 Å². The monoisotopic (exact) mass is 528 g/mol. The minimum absolute atomic E-state index is 0.00941. The number of hydrogen-bond acceptors (Lipinski definition) is 7. The van der Waals surface area contributed by atoms with Crippen molar-refractivity contribution in [2.75, 3.05) is 32.8 Å². The second-order valence-corrected chi connectivity index (χ2v) is 12.0. The van der Waals surface area contributed by atoms with Gasteiger partial charge in [-0.25, -0.2) is 14.8 Å². The van der Waals surface area contributed by atoms with Crippen molar-refractivity contribution in [3.63, 3.8) is 0 Å².